The Morgan fingerprint density at radius 2 is 1.91 bits per heavy atom. The zero-order chi connectivity index (χ0) is 22.8. The molecule has 1 unspecified atom stereocenters. The van der Waals surface area contributed by atoms with Crippen molar-refractivity contribution in [2.75, 3.05) is 23.1 Å². The summed E-state index contributed by atoms with van der Waals surface area (Å²) in [6.07, 6.45) is -0.215. The summed E-state index contributed by atoms with van der Waals surface area (Å²) in [6, 6.07) is 11.7. The Hall–Kier alpha value is -3.56. The van der Waals surface area contributed by atoms with Crippen molar-refractivity contribution in [3.63, 3.8) is 0 Å². The van der Waals surface area contributed by atoms with Gasteiger partial charge in [-0.2, -0.15) is 4.98 Å². The molecule has 0 saturated heterocycles. The predicted octanol–water partition coefficient (Wildman–Crippen LogP) is 3.89. The molecule has 0 fully saturated rings. The lowest BCUT2D eigenvalue weighted by Gasteiger charge is -2.24. The molecule has 32 heavy (non-hydrogen) atoms. The fourth-order valence-electron chi connectivity index (χ4n) is 3.29. The number of halogens is 2. The van der Waals surface area contributed by atoms with E-state index in [1.54, 1.807) is 49.6 Å². The summed E-state index contributed by atoms with van der Waals surface area (Å²) in [5.74, 6) is -1.28. The molecule has 11 heteroatoms. The number of rotatable bonds is 5. The summed E-state index contributed by atoms with van der Waals surface area (Å²) in [5, 5.41) is 8.57. The van der Waals surface area contributed by atoms with E-state index in [0.717, 1.165) is 0 Å². The van der Waals surface area contributed by atoms with Gasteiger partial charge in [-0.15, -0.1) is 0 Å². The molecule has 4 rings (SSSR count). The van der Waals surface area contributed by atoms with Crippen LogP contribution in [0.15, 0.2) is 47.3 Å². The number of nitrogens with zero attached hydrogens (tertiary/aromatic N) is 1. The molecule has 9 nitrogen and oxygen atoms in total. The highest BCUT2D eigenvalue weighted by Gasteiger charge is 2.35. The van der Waals surface area contributed by atoms with E-state index in [4.69, 9.17) is 27.9 Å². The number of ether oxygens (including phenoxy) is 1. The van der Waals surface area contributed by atoms with Crippen molar-refractivity contribution in [3.05, 3.63) is 68.4 Å². The highest BCUT2D eigenvalue weighted by Crippen LogP contribution is 2.33. The van der Waals surface area contributed by atoms with Gasteiger partial charge in [0.2, 0.25) is 17.8 Å². The highest BCUT2D eigenvalue weighted by atomic mass is 35.5. The number of H-pyrrole nitrogens is 1. The van der Waals surface area contributed by atoms with Gasteiger partial charge in [-0.3, -0.25) is 19.4 Å². The zero-order valence-electron chi connectivity index (χ0n) is 16.7. The minimum absolute atomic E-state index is 0.0124. The van der Waals surface area contributed by atoms with Crippen molar-refractivity contribution in [2.24, 2.45) is 0 Å². The summed E-state index contributed by atoms with van der Waals surface area (Å²) in [7, 11) is 1.56. The van der Waals surface area contributed by atoms with Crippen molar-refractivity contribution < 1.29 is 14.3 Å². The number of hydrogen-bond acceptors (Lipinski definition) is 6. The molecule has 2 heterocycles. The number of anilines is 4. The average molecular weight is 474 g/mol. The van der Waals surface area contributed by atoms with Crippen LogP contribution in [-0.2, 0) is 9.59 Å². The number of aromatic amines is 1. The molecule has 0 spiro atoms. The van der Waals surface area contributed by atoms with Gasteiger partial charge < -0.3 is 20.7 Å². The third-order valence-corrected chi connectivity index (χ3v) is 5.65. The first-order chi connectivity index (χ1) is 15.4. The van der Waals surface area contributed by atoms with E-state index in [1.807, 2.05) is 0 Å². The fraction of sp³-hybridized carbons (Fsp3) is 0.143. The molecule has 164 valence electrons. The Kier molecular flexibility index (Phi) is 6.02. The van der Waals surface area contributed by atoms with Gasteiger partial charge in [-0.25, -0.2) is 0 Å². The van der Waals surface area contributed by atoms with Crippen molar-refractivity contribution in [1.29, 1.82) is 0 Å². The Morgan fingerprint density at radius 3 is 2.62 bits per heavy atom. The summed E-state index contributed by atoms with van der Waals surface area (Å²) >= 11 is 12.1. The molecule has 4 N–H and O–H groups in total. The van der Waals surface area contributed by atoms with Gasteiger partial charge in [0.25, 0.3) is 5.56 Å². The first kappa shape index (κ1) is 21.7. The third-order valence-electron chi connectivity index (χ3n) is 4.83. The minimum Gasteiger partial charge on any atom is -0.497 e. The Labute approximate surface area is 192 Å². The molecule has 1 aliphatic rings. The molecule has 3 aromatic rings. The van der Waals surface area contributed by atoms with Gasteiger partial charge in [0.1, 0.15) is 11.6 Å². The van der Waals surface area contributed by atoms with E-state index in [9.17, 15) is 14.4 Å². The van der Waals surface area contributed by atoms with Gasteiger partial charge in [-0.05, 0) is 36.4 Å². The largest absolute Gasteiger partial charge is 0.497 e. The molecule has 2 aromatic carbocycles. The topological polar surface area (TPSA) is 125 Å². The van der Waals surface area contributed by atoms with E-state index in [0.29, 0.717) is 11.4 Å². The lowest BCUT2D eigenvalue weighted by Crippen LogP contribution is -2.36. The number of hydrogen-bond donors (Lipinski definition) is 4. The minimum atomic E-state index is -1.06. The molecule has 2 amide bonds. The number of aromatic nitrogens is 2. The molecule has 0 radical (unpaired) electrons. The molecule has 0 saturated carbocycles. The number of amides is 2. The van der Waals surface area contributed by atoms with Crippen LogP contribution in [0.2, 0.25) is 10.0 Å². The number of nitrogens with one attached hydrogen (secondary N) is 4. The lowest BCUT2D eigenvalue weighted by atomic mass is 9.92. The molecular weight excluding hydrogens is 457 g/mol. The van der Waals surface area contributed by atoms with Crippen molar-refractivity contribution >= 4 is 58.2 Å². The second-order valence-corrected chi connectivity index (χ2v) is 7.71. The van der Waals surface area contributed by atoms with Crippen LogP contribution in [0, 0.1) is 0 Å². The fourth-order valence-corrected chi connectivity index (χ4v) is 3.63. The summed E-state index contributed by atoms with van der Waals surface area (Å²) in [4.78, 5) is 44.9. The van der Waals surface area contributed by atoms with Gasteiger partial charge in [-0.1, -0.05) is 29.3 Å². The summed E-state index contributed by atoms with van der Waals surface area (Å²) in [5.41, 5.74) is 0.420. The second kappa shape index (κ2) is 8.89. The van der Waals surface area contributed by atoms with Gasteiger partial charge >= 0.3 is 0 Å². The smallest absolute Gasteiger partial charge is 0.258 e. The maximum absolute atomic E-state index is 12.9. The van der Waals surface area contributed by atoms with E-state index < -0.39 is 23.3 Å². The summed E-state index contributed by atoms with van der Waals surface area (Å²) in [6.45, 7) is 0. The van der Waals surface area contributed by atoms with Crippen LogP contribution < -0.4 is 26.2 Å². The number of fused-ring (bicyclic) bond motifs is 1. The van der Waals surface area contributed by atoms with Crippen LogP contribution in [0.4, 0.5) is 23.1 Å². The first-order valence-electron chi connectivity index (χ1n) is 9.45. The monoisotopic (exact) mass is 473 g/mol. The first-order valence-corrected chi connectivity index (χ1v) is 10.2. The van der Waals surface area contributed by atoms with Crippen molar-refractivity contribution in [3.8, 4) is 5.75 Å². The highest BCUT2D eigenvalue weighted by molar-refractivity contribution is 6.44. The van der Waals surface area contributed by atoms with E-state index in [2.05, 4.69) is 25.9 Å². The molecular formula is C21H17Cl2N5O4. The van der Waals surface area contributed by atoms with Crippen LogP contribution in [0.5, 0.6) is 5.75 Å². The molecule has 0 aliphatic carbocycles. The van der Waals surface area contributed by atoms with Crippen LogP contribution in [0.25, 0.3) is 0 Å². The number of carbonyl (C=O) groups is 2. The maximum atomic E-state index is 12.9. The van der Waals surface area contributed by atoms with Crippen molar-refractivity contribution in [1.82, 2.24) is 9.97 Å². The normalized spacial score (nSPS) is 14.8. The average Bonchev–Trinajstić information content (AvgIpc) is 2.76. The Balaban J connectivity index is 1.63. The Bertz CT molecular complexity index is 1260. The summed E-state index contributed by atoms with van der Waals surface area (Å²) < 4.78 is 5.11. The zero-order valence-corrected chi connectivity index (χ0v) is 18.2. The van der Waals surface area contributed by atoms with Gasteiger partial charge in [0, 0.05) is 12.1 Å². The standard InChI is InChI=1S/C21H17Cl2N5O4/c1-32-11-7-5-10(6-8-11)24-21-27-18-16(20(31)28-21)12(9-15(29)26-18)19(30)25-14-4-2-3-13(22)17(14)23/h2-8,12H,9H2,1H3,(H,25,30)(H3,24,26,27,28,29,31). The molecule has 0 bridgehead atoms. The predicted molar refractivity (Wildman–Crippen MR) is 122 cm³/mol. The molecule has 1 aliphatic heterocycles. The SMILES string of the molecule is COc1ccc(Nc2nc3c(c(=O)[nH]2)C(C(=O)Nc2cccc(Cl)c2Cl)CC(=O)N3)cc1. The number of methoxy groups -OCH3 is 1. The van der Waals surface area contributed by atoms with Crippen molar-refractivity contribution in [2.45, 2.75) is 12.3 Å². The van der Waals surface area contributed by atoms with Crippen LogP contribution in [0.3, 0.4) is 0 Å². The van der Waals surface area contributed by atoms with Crippen LogP contribution in [-0.4, -0.2) is 28.9 Å². The second-order valence-electron chi connectivity index (χ2n) is 6.93. The molecule has 1 aromatic heterocycles. The lowest BCUT2D eigenvalue weighted by molar-refractivity contribution is -0.123. The third kappa shape index (κ3) is 4.39. The number of benzene rings is 2. The van der Waals surface area contributed by atoms with Crippen LogP contribution in [0.1, 0.15) is 17.9 Å². The van der Waals surface area contributed by atoms with Gasteiger partial charge in [0.05, 0.1) is 34.3 Å². The Morgan fingerprint density at radius 1 is 1.16 bits per heavy atom. The van der Waals surface area contributed by atoms with E-state index in [1.165, 1.54) is 0 Å². The quantitative estimate of drug-likeness (QED) is 0.445. The number of carbonyl (C=O) groups excluding carboxylic acids is 2. The van der Waals surface area contributed by atoms with E-state index in [-0.39, 0.29) is 39.5 Å². The van der Waals surface area contributed by atoms with E-state index >= 15 is 0 Å². The molecule has 1 atom stereocenters. The van der Waals surface area contributed by atoms with Crippen LogP contribution >= 0.6 is 23.2 Å². The maximum Gasteiger partial charge on any atom is 0.258 e. The van der Waals surface area contributed by atoms with Gasteiger partial charge in [0.15, 0.2) is 0 Å².